The average molecular weight is 372 g/mol. The van der Waals surface area contributed by atoms with E-state index in [4.69, 9.17) is 4.42 Å². The van der Waals surface area contributed by atoms with Crippen LogP contribution in [0.3, 0.4) is 0 Å². The normalized spacial score (nSPS) is 11.7. The van der Waals surface area contributed by atoms with E-state index in [9.17, 15) is 13.2 Å². The third kappa shape index (κ3) is 4.48. The van der Waals surface area contributed by atoms with Gasteiger partial charge in [0, 0.05) is 18.0 Å². The molecule has 0 unspecified atom stereocenters. The number of nitrogens with one attached hydrogen (secondary N) is 2. The summed E-state index contributed by atoms with van der Waals surface area (Å²) in [6.45, 7) is -0.185. The van der Waals surface area contributed by atoms with Crippen molar-refractivity contribution < 1.29 is 22.2 Å². The quantitative estimate of drug-likeness (QED) is 0.645. The average Bonchev–Trinajstić information content (AvgIpc) is 2.92. The highest BCUT2D eigenvalue weighted by Crippen LogP contribution is 2.14. The Hall–Kier alpha value is -3.13. The zero-order valence-corrected chi connectivity index (χ0v) is 14.9. The van der Waals surface area contributed by atoms with Crippen LogP contribution in [0.5, 0.6) is 0 Å². The molecule has 0 radical (unpaired) electrons. The molecule has 134 valence electrons. The Labute approximate surface area is 151 Å². The summed E-state index contributed by atoms with van der Waals surface area (Å²) in [6, 6.07) is 16.8. The van der Waals surface area contributed by atoms with Gasteiger partial charge in [0.15, 0.2) is 0 Å². The van der Waals surface area contributed by atoms with E-state index in [-0.39, 0.29) is 6.54 Å². The first kappa shape index (κ1) is 17.7. The van der Waals surface area contributed by atoms with E-state index in [1.54, 1.807) is 29.0 Å². The summed E-state index contributed by atoms with van der Waals surface area (Å²) < 4.78 is 31.9. The number of nitrogens with zero attached hydrogens (tertiary/aromatic N) is 1. The van der Waals surface area contributed by atoms with Crippen LogP contribution in [-0.2, 0) is 21.4 Å². The second-order valence-corrected chi connectivity index (χ2v) is 7.38. The van der Waals surface area contributed by atoms with Crippen molar-refractivity contribution in [3.8, 4) is 0 Å². The highest BCUT2D eigenvalue weighted by Gasteiger charge is 2.24. The summed E-state index contributed by atoms with van der Waals surface area (Å²) in [5, 5.41) is 3.11. The molecule has 0 atom stereocenters. The predicted octanol–water partition coefficient (Wildman–Crippen LogP) is 1.88. The lowest BCUT2D eigenvalue weighted by Crippen LogP contribution is -2.45. The van der Waals surface area contributed by atoms with E-state index in [1.165, 1.54) is 0 Å². The molecule has 3 aromatic rings. The van der Waals surface area contributed by atoms with Crippen LogP contribution in [0.4, 0.5) is 5.69 Å². The molecule has 0 aliphatic carbocycles. The van der Waals surface area contributed by atoms with Gasteiger partial charge in [0.25, 0.3) is 11.4 Å². The van der Waals surface area contributed by atoms with Crippen molar-refractivity contribution >= 4 is 38.8 Å². The van der Waals surface area contributed by atoms with Crippen molar-refractivity contribution in [2.24, 2.45) is 0 Å². The molecule has 0 saturated carbocycles. The Morgan fingerprint density at radius 2 is 1.81 bits per heavy atom. The number of aromatic nitrogens is 1. The van der Waals surface area contributed by atoms with Gasteiger partial charge < -0.3 is 9.73 Å². The molecule has 8 heteroatoms. The smallest absolute Gasteiger partial charge is 0.376 e. The molecule has 1 heterocycles. The number of oxazole rings is 1. The van der Waals surface area contributed by atoms with Crippen LogP contribution >= 0.6 is 0 Å². The maximum Gasteiger partial charge on any atom is 0.376 e. The SMILES string of the molecule is CS(=O)(=O)NC(=O)C[n+]1c(C=CNc2ccccc2)oc2ccccc21. The zero-order valence-electron chi connectivity index (χ0n) is 14.0. The van der Waals surface area contributed by atoms with E-state index < -0.39 is 15.9 Å². The molecule has 26 heavy (non-hydrogen) atoms. The van der Waals surface area contributed by atoms with Crippen LogP contribution in [0.1, 0.15) is 5.89 Å². The second kappa shape index (κ2) is 7.40. The molecule has 0 saturated heterocycles. The Morgan fingerprint density at radius 3 is 2.54 bits per heavy atom. The fourth-order valence-corrected chi connectivity index (χ4v) is 2.94. The second-order valence-electron chi connectivity index (χ2n) is 5.64. The minimum atomic E-state index is -3.62. The van der Waals surface area contributed by atoms with Gasteiger partial charge in [0.05, 0.1) is 12.3 Å². The lowest BCUT2D eigenvalue weighted by molar-refractivity contribution is -0.665. The highest BCUT2D eigenvalue weighted by atomic mass is 32.2. The third-order valence-corrected chi connectivity index (χ3v) is 4.09. The fraction of sp³-hybridized carbons (Fsp3) is 0.111. The largest absolute Gasteiger partial charge is 0.398 e. The van der Waals surface area contributed by atoms with Crippen molar-refractivity contribution in [3.05, 3.63) is 66.7 Å². The zero-order chi connectivity index (χ0) is 18.6. The Balaban J connectivity index is 1.88. The van der Waals surface area contributed by atoms with Gasteiger partial charge in [0.1, 0.15) is 0 Å². The van der Waals surface area contributed by atoms with E-state index in [0.29, 0.717) is 17.0 Å². The van der Waals surface area contributed by atoms with Crippen LogP contribution in [-0.4, -0.2) is 20.6 Å². The van der Waals surface area contributed by atoms with E-state index >= 15 is 0 Å². The van der Waals surface area contributed by atoms with Gasteiger partial charge >= 0.3 is 5.89 Å². The van der Waals surface area contributed by atoms with Gasteiger partial charge in [0.2, 0.25) is 22.2 Å². The van der Waals surface area contributed by atoms with Gasteiger partial charge in [-0.25, -0.2) is 13.1 Å². The number of hydrogen-bond acceptors (Lipinski definition) is 5. The molecule has 0 aliphatic heterocycles. The van der Waals surface area contributed by atoms with Gasteiger partial charge in [-0.05, 0) is 18.2 Å². The molecule has 3 rings (SSSR count). The molecular weight excluding hydrogens is 354 g/mol. The van der Waals surface area contributed by atoms with Crippen molar-refractivity contribution in [1.29, 1.82) is 0 Å². The monoisotopic (exact) mass is 372 g/mol. The first-order chi connectivity index (χ1) is 12.4. The number of fused-ring (bicyclic) bond motifs is 1. The van der Waals surface area contributed by atoms with Crippen LogP contribution in [0.25, 0.3) is 17.2 Å². The van der Waals surface area contributed by atoms with E-state index in [0.717, 1.165) is 11.9 Å². The molecule has 2 aromatic carbocycles. The van der Waals surface area contributed by atoms with Crippen molar-refractivity contribution in [2.45, 2.75) is 6.54 Å². The molecule has 7 nitrogen and oxygen atoms in total. The molecule has 0 aliphatic rings. The number of sulfonamides is 1. The maximum atomic E-state index is 12.0. The van der Waals surface area contributed by atoms with E-state index in [2.05, 4.69) is 5.32 Å². The molecule has 0 bridgehead atoms. The minimum Gasteiger partial charge on any atom is -0.398 e. The number of amides is 1. The van der Waals surface area contributed by atoms with Gasteiger partial charge in [-0.15, -0.1) is 4.57 Å². The Kier molecular flexibility index (Phi) is 5.04. The summed E-state index contributed by atoms with van der Waals surface area (Å²) in [7, 11) is -3.62. The summed E-state index contributed by atoms with van der Waals surface area (Å²) in [4.78, 5) is 12.0. The summed E-state index contributed by atoms with van der Waals surface area (Å²) >= 11 is 0. The number of para-hydroxylation sites is 3. The molecule has 1 aromatic heterocycles. The molecular formula is C18H18N3O4S+. The highest BCUT2D eigenvalue weighted by molar-refractivity contribution is 7.89. The summed E-state index contributed by atoms with van der Waals surface area (Å²) in [5.41, 5.74) is 2.19. The lowest BCUT2D eigenvalue weighted by atomic mass is 10.3. The van der Waals surface area contributed by atoms with Gasteiger partial charge in [-0.1, -0.05) is 30.3 Å². The lowest BCUT2D eigenvalue weighted by Gasteiger charge is -1.99. The number of carbonyl (C=O) groups is 1. The molecule has 0 fully saturated rings. The molecule has 0 spiro atoms. The van der Waals surface area contributed by atoms with Gasteiger partial charge in [-0.3, -0.25) is 4.79 Å². The maximum absolute atomic E-state index is 12.0. The van der Waals surface area contributed by atoms with Crippen LogP contribution < -0.4 is 14.6 Å². The van der Waals surface area contributed by atoms with Crippen LogP contribution in [0.15, 0.2) is 65.2 Å². The molecule has 2 N–H and O–H groups in total. The fourth-order valence-electron chi connectivity index (χ4n) is 2.47. The topological polar surface area (TPSA) is 92.3 Å². The first-order valence-electron chi connectivity index (χ1n) is 7.82. The first-order valence-corrected chi connectivity index (χ1v) is 9.72. The van der Waals surface area contributed by atoms with Crippen molar-refractivity contribution in [3.63, 3.8) is 0 Å². The van der Waals surface area contributed by atoms with Crippen LogP contribution in [0.2, 0.25) is 0 Å². The van der Waals surface area contributed by atoms with Crippen molar-refractivity contribution in [1.82, 2.24) is 4.72 Å². The summed E-state index contributed by atoms with van der Waals surface area (Å²) in [6.07, 6.45) is 4.31. The number of anilines is 1. The Morgan fingerprint density at radius 1 is 1.12 bits per heavy atom. The predicted molar refractivity (Wildman–Crippen MR) is 98.5 cm³/mol. The number of carbonyl (C=O) groups excluding carboxylic acids is 1. The van der Waals surface area contributed by atoms with Crippen LogP contribution in [0, 0.1) is 0 Å². The van der Waals surface area contributed by atoms with E-state index in [1.807, 2.05) is 47.2 Å². The summed E-state index contributed by atoms with van der Waals surface area (Å²) in [5.74, 6) is -0.229. The Bertz CT molecular complexity index is 1060. The van der Waals surface area contributed by atoms with Crippen molar-refractivity contribution in [2.75, 3.05) is 11.6 Å². The molecule has 1 amide bonds. The number of benzene rings is 2. The van der Waals surface area contributed by atoms with Gasteiger partial charge in [-0.2, -0.15) is 0 Å². The number of hydrogen-bond donors (Lipinski definition) is 2. The standard InChI is InChI=1S/C18H17N3O4S/c1-26(23,24)20-17(22)13-21-15-9-5-6-10-16(15)25-18(21)11-12-19-14-7-3-2-4-8-14/h2-12H,13H2,1H3,(H,20,22)/p+1. The third-order valence-electron chi connectivity index (χ3n) is 3.49. The number of rotatable bonds is 6. The minimum absolute atomic E-state index is 0.185.